The van der Waals surface area contributed by atoms with Crippen LogP contribution in [0.3, 0.4) is 0 Å². The molecule has 2 rings (SSSR count). The van der Waals surface area contributed by atoms with E-state index in [1.807, 2.05) is 0 Å². The maximum absolute atomic E-state index is 12.9. The van der Waals surface area contributed by atoms with Gasteiger partial charge in [0.2, 0.25) is 5.91 Å². The van der Waals surface area contributed by atoms with Crippen LogP contribution in [0.1, 0.15) is 18.3 Å². The first-order valence-electron chi connectivity index (χ1n) is 7.56. The Bertz CT molecular complexity index is 797. The summed E-state index contributed by atoms with van der Waals surface area (Å²) in [6.07, 6.45) is -1.73. The van der Waals surface area contributed by atoms with Crippen molar-refractivity contribution in [1.82, 2.24) is 24.6 Å². The van der Waals surface area contributed by atoms with Crippen LogP contribution in [-0.2, 0) is 24.1 Å². The van der Waals surface area contributed by atoms with E-state index in [0.717, 1.165) is 15.3 Å². The molecule has 10 heteroatoms. The molecule has 7 nitrogen and oxygen atoms in total. The van der Waals surface area contributed by atoms with Gasteiger partial charge >= 0.3 is 11.9 Å². The van der Waals surface area contributed by atoms with Gasteiger partial charge in [-0.05, 0) is 25.0 Å². The lowest BCUT2D eigenvalue weighted by molar-refractivity contribution is -0.144. The van der Waals surface area contributed by atoms with Crippen molar-refractivity contribution < 1.29 is 18.0 Å². The van der Waals surface area contributed by atoms with Crippen molar-refractivity contribution in [3.63, 3.8) is 0 Å². The van der Waals surface area contributed by atoms with Crippen LogP contribution in [-0.4, -0.2) is 31.8 Å². The number of nitrogens with one attached hydrogen (secondary N) is 1. The topological polar surface area (TPSA) is 81.8 Å². The highest BCUT2D eigenvalue weighted by Gasteiger charge is 2.35. The van der Waals surface area contributed by atoms with Gasteiger partial charge in [0.25, 0.3) is 0 Å². The van der Waals surface area contributed by atoms with Crippen LogP contribution in [0.25, 0.3) is 0 Å². The Hall–Kier alpha value is -2.65. The monoisotopic (exact) mass is 357 g/mol. The Kier molecular flexibility index (Phi) is 5.60. The second-order valence-corrected chi connectivity index (χ2v) is 5.79. The summed E-state index contributed by atoms with van der Waals surface area (Å²) in [7, 11) is 0. The third kappa shape index (κ3) is 5.16. The van der Waals surface area contributed by atoms with E-state index in [4.69, 9.17) is 0 Å². The van der Waals surface area contributed by atoms with E-state index in [0.29, 0.717) is 0 Å². The summed E-state index contributed by atoms with van der Waals surface area (Å²) in [5.41, 5.74) is -1.09. The Balaban J connectivity index is 1.91. The van der Waals surface area contributed by atoms with Crippen molar-refractivity contribution in [2.75, 3.05) is 6.54 Å². The van der Waals surface area contributed by atoms with Crippen molar-refractivity contribution in [3.05, 3.63) is 46.4 Å². The number of carbonyl (C=O) groups excluding carboxylic acids is 1. The quantitative estimate of drug-likeness (QED) is 0.843. The molecule has 1 amide bonds. The predicted molar refractivity (Wildman–Crippen MR) is 82.6 cm³/mol. The van der Waals surface area contributed by atoms with Crippen molar-refractivity contribution in [2.45, 2.75) is 33.1 Å². The second-order valence-electron chi connectivity index (χ2n) is 5.79. The zero-order chi connectivity index (χ0) is 18.6. The van der Waals surface area contributed by atoms with Crippen LogP contribution in [0.5, 0.6) is 0 Å². The molecular formula is C15H18F3N5O2. The van der Waals surface area contributed by atoms with Gasteiger partial charge in [-0.15, -0.1) is 0 Å². The molecule has 0 saturated heterocycles. The number of alkyl halides is 3. The molecule has 0 radical (unpaired) electrons. The number of hydrogen-bond acceptors (Lipinski definition) is 4. The third-order valence-electron chi connectivity index (χ3n) is 3.42. The van der Waals surface area contributed by atoms with Gasteiger partial charge in [-0.1, -0.05) is 6.92 Å². The molecule has 0 aliphatic heterocycles. The Morgan fingerprint density at radius 3 is 2.76 bits per heavy atom. The highest BCUT2D eigenvalue weighted by Crippen LogP contribution is 2.30. The zero-order valence-electron chi connectivity index (χ0n) is 13.7. The molecule has 0 saturated carbocycles. The number of aryl methyl sites for hydroxylation is 1. The van der Waals surface area contributed by atoms with Crippen LogP contribution >= 0.6 is 0 Å². The highest BCUT2D eigenvalue weighted by molar-refractivity contribution is 5.75. The van der Waals surface area contributed by atoms with Crippen molar-refractivity contribution in [2.24, 2.45) is 5.92 Å². The normalized spacial score (nSPS) is 12.8. The van der Waals surface area contributed by atoms with E-state index in [2.05, 4.69) is 15.4 Å². The smallest absolute Gasteiger partial charge is 0.354 e. The minimum atomic E-state index is -4.48. The first-order chi connectivity index (χ1) is 11.7. The van der Waals surface area contributed by atoms with Crippen molar-refractivity contribution in [1.29, 1.82) is 0 Å². The number of aromatic nitrogens is 4. The molecule has 136 valence electrons. The third-order valence-corrected chi connectivity index (χ3v) is 3.42. The maximum Gasteiger partial charge on any atom is 0.433 e. The lowest BCUT2D eigenvalue weighted by atomic mass is 10.2. The highest BCUT2D eigenvalue weighted by atomic mass is 19.4. The standard InChI is InChI=1S/C15H18F3N5O2/c1-10(8-23-12(15(16,17)18)6-11(2)21-23)7-20-13(24)9-22-5-3-4-19-14(22)25/h3-6,10H,7-9H2,1-2H3,(H,20,24). The van der Waals surface area contributed by atoms with Crippen molar-refractivity contribution >= 4 is 5.91 Å². The van der Waals surface area contributed by atoms with Gasteiger partial charge in [0.05, 0.1) is 5.69 Å². The van der Waals surface area contributed by atoms with Crippen LogP contribution in [0.15, 0.2) is 29.3 Å². The van der Waals surface area contributed by atoms with Gasteiger partial charge in [0.1, 0.15) is 12.2 Å². The zero-order valence-corrected chi connectivity index (χ0v) is 13.7. The number of amides is 1. The molecule has 0 fully saturated rings. The van der Waals surface area contributed by atoms with Crippen LogP contribution < -0.4 is 11.0 Å². The SMILES string of the molecule is Cc1cc(C(F)(F)F)n(CC(C)CNC(=O)Cn2cccnc2=O)n1. The summed E-state index contributed by atoms with van der Waals surface area (Å²) in [6, 6.07) is 2.51. The van der Waals surface area contributed by atoms with E-state index in [-0.39, 0.29) is 31.2 Å². The van der Waals surface area contributed by atoms with E-state index < -0.39 is 23.5 Å². The molecule has 1 atom stereocenters. The lowest BCUT2D eigenvalue weighted by Gasteiger charge is -2.16. The van der Waals surface area contributed by atoms with Gasteiger partial charge < -0.3 is 5.32 Å². The fourth-order valence-corrected chi connectivity index (χ4v) is 2.28. The van der Waals surface area contributed by atoms with Crippen LogP contribution in [0.2, 0.25) is 0 Å². The first kappa shape index (κ1) is 18.7. The van der Waals surface area contributed by atoms with E-state index in [1.165, 1.54) is 25.4 Å². The number of rotatable bonds is 6. The molecule has 2 aromatic heterocycles. The number of halogens is 3. The average molecular weight is 357 g/mol. The van der Waals surface area contributed by atoms with Gasteiger partial charge in [0.15, 0.2) is 0 Å². The minimum absolute atomic E-state index is 0.00973. The molecule has 0 aliphatic carbocycles. The fraction of sp³-hybridized carbons (Fsp3) is 0.467. The minimum Gasteiger partial charge on any atom is -0.354 e. The molecule has 0 aliphatic rings. The molecule has 0 bridgehead atoms. The molecular weight excluding hydrogens is 339 g/mol. The molecule has 0 spiro atoms. The summed E-state index contributed by atoms with van der Waals surface area (Å²) in [4.78, 5) is 26.8. The summed E-state index contributed by atoms with van der Waals surface area (Å²) in [6.45, 7) is 3.16. The van der Waals surface area contributed by atoms with Crippen molar-refractivity contribution in [3.8, 4) is 0 Å². The lowest BCUT2D eigenvalue weighted by Crippen LogP contribution is -2.36. The first-order valence-corrected chi connectivity index (χ1v) is 7.56. The van der Waals surface area contributed by atoms with Crippen LogP contribution in [0.4, 0.5) is 13.2 Å². The molecule has 2 aromatic rings. The Morgan fingerprint density at radius 2 is 2.12 bits per heavy atom. The van der Waals surface area contributed by atoms with Gasteiger partial charge in [-0.25, -0.2) is 9.78 Å². The predicted octanol–water partition coefficient (Wildman–Crippen LogP) is 1.22. The summed E-state index contributed by atoms with van der Waals surface area (Å²) >= 11 is 0. The van der Waals surface area contributed by atoms with E-state index in [1.54, 1.807) is 6.92 Å². The molecule has 25 heavy (non-hydrogen) atoms. The van der Waals surface area contributed by atoms with E-state index in [9.17, 15) is 22.8 Å². The number of hydrogen-bond donors (Lipinski definition) is 1. The Morgan fingerprint density at radius 1 is 1.40 bits per heavy atom. The Labute approximate surface area is 141 Å². The largest absolute Gasteiger partial charge is 0.433 e. The average Bonchev–Trinajstić information content (AvgIpc) is 2.88. The fourth-order valence-electron chi connectivity index (χ4n) is 2.28. The molecule has 2 heterocycles. The van der Waals surface area contributed by atoms with Gasteiger partial charge in [-0.3, -0.25) is 14.0 Å². The van der Waals surface area contributed by atoms with Gasteiger partial charge in [-0.2, -0.15) is 18.3 Å². The second kappa shape index (κ2) is 7.49. The van der Waals surface area contributed by atoms with Crippen LogP contribution in [0, 0.1) is 12.8 Å². The molecule has 1 N–H and O–H groups in total. The number of carbonyl (C=O) groups is 1. The van der Waals surface area contributed by atoms with E-state index >= 15 is 0 Å². The number of nitrogens with zero attached hydrogens (tertiary/aromatic N) is 4. The van der Waals surface area contributed by atoms with Gasteiger partial charge in [0, 0.05) is 25.5 Å². The summed E-state index contributed by atoms with van der Waals surface area (Å²) in [5.74, 6) is -0.704. The summed E-state index contributed by atoms with van der Waals surface area (Å²) in [5, 5.41) is 6.45. The maximum atomic E-state index is 12.9. The summed E-state index contributed by atoms with van der Waals surface area (Å²) < 4.78 is 40.9. The molecule has 1 unspecified atom stereocenters. The molecule has 0 aromatic carbocycles.